The van der Waals surface area contributed by atoms with Gasteiger partial charge in [-0.15, -0.1) is 11.3 Å². The molecule has 1 heterocycles. The Morgan fingerprint density at radius 3 is 2.75 bits per heavy atom. The van der Waals surface area contributed by atoms with E-state index >= 15 is 0 Å². The van der Waals surface area contributed by atoms with Crippen LogP contribution in [0.1, 0.15) is 17.4 Å². The van der Waals surface area contributed by atoms with Crippen LogP contribution >= 0.6 is 11.3 Å². The van der Waals surface area contributed by atoms with Gasteiger partial charge >= 0.3 is 0 Å². The van der Waals surface area contributed by atoms with E-state index in [1.807, 2.05) is 0 Å². The van der Waals surface area contributed by atoms with E-state index < -0.39 is 0 Å². The molecule has 1 aromatic heterocycles. The normalized spacial score (nSPS) is 9.88. The summed E-state index contributed by atoms with van der Waals surface area (Å²) in [6.45, 7) is 2.28. The number of hydrogen-bond acceptors (Lipinski definition) is 5. The van der Waals surface area contributed by atoms with E-state index in [9.17, 15) is 9.59 Å². The maximum absolute atomic E-state index is 11.9. The number of nitrogens with zero attached hydrogens (tertiary/aromatic N) is 2. The molecule has 0 atom stereocenters. The van der Waals surface area contributed by atoms with Crippen molar-refractivity contribution in [3.8, 4) is 0 Å². The Kier molecular flexibility index (Phi) is 4.24. The SMILES string of the molecule is CCN(CC(=O)NC)C(=O)c1csc(N)n1. The van der Waals surface area contributed by atoms with Gasteiger partial charge in [0.1, 0.15) is 5.69 Å². The van der Waals surface area contributed by atoms with Gasteiger partial charge in [-0.1, -0.05) is 0 Å². The third kappa shape index (κ3) is 2.93. The molecular weight excluding hydrogens is 228 g/mol. The fourth-order valence-electron chi connectivity index (χ4n) is 1.13. The predicted octanol–water partition coefficient (Wildman–Crippen LogP) is -0.0666. The molecule has 16 heavy (non-hydrogen) atoms. The first-order valence-electron chi connectivity index (χ1n) is 4.79. The van der Waals surface area contributed by atoms with Gasteiger partial charge in [-0.3, -0.25) is 9.59 Å². The summed E-state index contributed by atoms with van der Waals surface area (Å²) in [6, 6.07) is 0. The van der Waals surface area contributed by atoms with E-state index in [1.54, 1.807) is 12.3 Å². The number of nitrogens with one attached hydrogen (secondary N) is 1. The highest BCUT2D eigenvalue weighted by Crippen LogP contribution is 2.12. The molecular formula is C9H14N4O2S. The summed E-state index contributed by atoms with van der Waals surface area (Å²) < 4.78 is 0. The van der Waals surface area contributed by atoms with Crippen LogP contribution in [0.15, 0.2) is 5.38 Å². The second-order valence-corrected chi connectivity index (χ2v) is 3.95. The van der Waals surface area contributed by atoms with Crippen LogP contribution in [-0.4, -0.2) is 41.8 Å². The van der Waals surface area contributed by atoms with Crippen LogP contribution in [0.5, 0.6) is 0 Å². The highest BCUT2D eigenvalue weighted by molar-refractivity contribution is 7.13. The molecule has 0 aliphatic rings. The molecule has 7 heteroatoms. The zero-order valence-electron chi connectivity index (χ0n) is 9.19. The molecule has 1 aromatic rings. The molecule has 0 fully saturated rings. The van der Waals surface area contributed by atoms with Gasteiger partial charge in [0.15, 0.2) is 5.13 Å². The molecule has 0 saturated carbocycles. The van der Waals surface area contributed by atoms with E-state index in [1.165, 1.54) is 23.3 Å². The van der Waals surface area contributed by atoms with Crippen molar-refractivity contribution in [3.63, 3.8) is 0 Å². The van der Waals surface area contributed by atoms with Crippen LogP contribution in [0.4, 0.5) is 5.13 Å². The van der Waals surface area contributed by atoms with Crippen LogP contribution in [0.2, 0.25) is 0 Å². The monoisotopic (exact) mass is 242 g/mol. The first-order valence-corrected chi connectivity index (χ1v) is 5.67. The number of nitrogen functional groups attached to an aromatic ring is 1. The minimum Gasteiger partial charge on any atom is -0.375 e. The molecule has 6 nitrogen and oxygen atoms in total. The predicted molar refractivity (Wildman–Crippen MR) is 62.2 cm³/mol. The highest BCUT2D eigenvalue weighted by Gasteiger charge is 2.18. The van der Waals surface area contributed by atoms with E-state index in [4.69, 9.17) is 5.73 Å². The third-order valence-electron chi connectivity index (χ3n) is 2.02. The van der Waals surface area contributed by atoms with E-state index in [0.717, 1.165) is 0 Å². The Bertz CT molecular complexity index is 391. The second-order valence-electron chi connectivity index (χ2n) is 3.06. The lowest BCUT2D eigenvalue weighted by Gasteiger charge is -2.18. The van der Waals surface area contributed by atoms with Crippen LogP contribution in [0.3, 0.4) is 0 Å². The molecule has 0 unspecified atom stereocenters. The van der Waals surface area contributed by atoms with Gasteiger partial charge in [-0.25, -0.2) is 4.98 Å². The van der Waals surface area contributed by atoms with Gasteiger partial charge in [-0.2, -0.15) is 0 Å². The number of anilines is 1. The minimum atomic E-state index is -0.279. The lowest BCUT2D eigenvalue weighted by molar-refractivity contribution is -0.121. The number of carbonyl (C=O) groups is 2. The minimum absolute atomic E-state index is 0.0310. The summed E-state index contributed by atoms with van der Waals surface area (Å²) in [5, 5.41) is 4.40. The van der Waals surface area contributed by atoms with Crippen molar-refractivity contribution in [2.45, 2.75) is 6.92 Å². The van der Waals surface area contributed by atoms with E-state index in [-0.39, 0.29) is 24.1 Å². The summed E-state index contributed by atoms with van der Waals surface area (Å²) in [6.07, 6.45) is 0. The van der Waals surface area contributed by atoms with Gasteiger partial charge in [0.05, 0.1) is 6.54 Å². The zero-order valence-corrected chi connectivity index (χ0v) is 10.0. The molecule has 2 amide bonds. The van der Waals surface area contributed by atoms with E-state index in [0.29, 0.717) is 11.7 Å². The van der Waals surface area contributed by atoms with Crippen molar-refractivity contribution in [1.82, 2.24) is 15.2 Å². The topological polar surface area (TPSA) is 88.3 Å². The van der Waals surface area contributed by atoms with Crippen molar-refractivity contribution in [3.05, 3.63) is 11.1 Å². The Labute approximate surface area is 97.5 Å². The Hall–Kier alpha value is -1.63. The summed E-state index contributed by atoms with van der Waals surface area (Å²) in [5.74, 6) is -0.488. The quantitative estimate of drug-likeness (QED) is 0.773. The fraction of sp³-hybridized carbons (Fsp3) is 0.444. The molecule has 3 N–H and O–H groups in total. The molecule has 0 aromatic carbocycles. The van der Waals surface area contributed by atoms with Crippen molar-refractivity contribution in [1.29, 1.82) is 0 Å². The molecule has 0 saturated heterocycles. The van der Waals surface area contributed by atoms with Gasteiger partial charge < -0.3 is 16.0 Å². The number of likely N-dealkylation sites (N-methyl/N-ethyl adjacent to an activating group) is 2. The molecule has 0 aliphatic heterocycles. The Balaban J connectivity index is 2.73. The van der Waals surface area contributed by atoms with Crippen molar-refractivity contribution >= 4 is 28.3 Å². The summed E-state index contributed by atoms with van der Waals surface area (Å²) in [4.78, 5) is 28.3. The van der Waals surface area contributed by atoms with Crippen molar-refractivity contribution in [2.24, 2.45) is 0 Å². The average Bonchev–Trinajstić information content (AvgIpc) is 2.71. The van der Waals surface area contributed by atoms with Crippen LogP contribution < -0.4 is 11.1 Å². The summed E-state index contributed by atoms with van der Waals surface area (Å²) in [7, 11) is 1.53. The lowest BCUT2D eigenvalue weighted by Crippen LogP contribution is -2.39. The molecule has 1 rings (SSSR count). The number of hydrogen-bond donors (Lipinski definition) is 2. The molecule has 0 spiro atoms. The van der Waals surface area contributed by atoms with Crippen molar-refractivity contribution in [2.75, 3.05) is 25.9 Å². The number of thiazole rings is 1. The maximum Gasteiger partial charge on any atom is 0.273 e. The Morgan fingerprint density at radius 1 is 1.62 bits per heavy atom. The first-order chi connectivity index (χ1) is 7.58. The summed E-state index contributed by atoms with van der Waals surface area (Å²) in [5.41, 5.74) is 5.73. The molecule has 0 aliphatic carbocycles. The average molecular weight is 242 g/mol. The van der Waals surface area contributed by atoms with Crippen LogP contribution in [-0.2, 0) is 4.79 Å². The van der Waals surface area contributed by atoms with Gasteiger partial charge in [0.25, 0.3) is 5.91 Å². The maximum atomic E-state index is 11.9. The van der Waals surface area contributed by atoms with Crippen molar-refractivity contribution < 1.29 is 9.59 Å². The zero-order chi connectivity index (χ0) is 12.1. The Morgan fingerprint density at radius 2 is 2.31 bits per heavy atom. The molecule has 0 bridgehead atoms. The number of carbonyl (C=O) groups excluding carboxylic acids is 2. The molecule has 0 radical (unpaired) electrons. The fourth-order valence-corrected chi connectivity index (χ4v) is 1.66. The van der Waals surface area contributed by atoms with Crippen LogP contribution in [0, 0.1) is 0 Å². The second kappa shape index (κ2) is 5.45. The lowest BCUT2D eigenvalue weighted by atomic mass is 10.3. The number of amides is 2. The summed E-state index contributed by atoms with van der Waals surface area (Å²) >= 11 is 1.20. The van der Waals surface area contributed by atoms with E-state index in [2.05, 4.69) is 10.3 Å². The largest absolute Gasteiger partial charge is 0.375 e. The van der Waals surface area contributed by atoms with Gasteiger partial charge in [0.2, 0.25) is 5.91 Å². The third-order valence-corrected chi connectivity index (χ3v) is 2.70. The van der Waals surface area contributed by atoms with Crippen LogP contribution in [0.25, 0.3) is 0 Å². The first kappa shape index (κ1) is 12.4. The highest BCUT2D eigenvalue weighted by atomic mass is 32.1. The number of nitrogens with two attached hydrogens (primary N) is 1. The van der Waals surface area contributed by atoms with Gasteiger partial charge in [-0.05, 0) is 6.92 Å². The number of aromatic nitrogens is 1. The smallest absolute Gasteiger partial charge is 0.273 e. The standard InChI is InChI=1S/C9H14N4O2S/c1-3-13(4-7(14)11-2)8(15)6-5-16-9(10)12-6/h5H,3-4H2,1-2H3,(H2,10,12)(H,11,14). The van der Waals surface area contributed by atoms with Gasteiger partial charge in [0, 0.05) is 19.0 Å². The number of rotatable bonds is 4. The molecule has 88 valence electrons.